The molecule has 2 amide bonds. The summed E-state index contributed by atoms with van der Waals surface area (Å²) >= 11 is 0. The lowest BCUT2D eigenvalue weighted by atomic mass is 9.84. The molecule has 2 aromatic rings. The van der Waals surface area contributed by atoms with Gasteiger partial charge in [-0.2, -0.15) is 5.10 Å². The normalized spacial score (nSPS) is 25.6. The van der Waals surface area contributed by atoms with Crippen LogP contribution in [0, 0.1) is 18.8 Å². The molecule has 1 saturated carbocycles. The zero-order chi connectivity index (χ0) is 28.3. The minimum absolute atomic E-state index is 0.0293. The molecular weight excluding hydrogens is 492 g/mol. The maximum absolute atomic E-state index is 13.6. The standard InChI is InChI=1S/C30H48N6O3/c1-8-36(23-11-9-22(10-12-23)34(5)13-14-39-7)28-21(4)24(16-27-26(28)18-32-35(27)6)29(37)31-17-25-19(2)15-20(3)33-30(25)38/h16,18-20,22-23,25H,8-15,17H2,1-7H3,(H,31,37)(H,33,38). The number of carbonyl (C=O) groups excluding carboxylic acids is 2. The predicted molar refractivity (Wildman–Crippen MR) is 156 cm³/mol. The third-order valence-corrected chi connectivity index (χ3v) is 9.15. The van der Waals surface area contributed by atoms with Crippen LogP contribution in [0.4, 0.5) is 5.69 Å². The van der Waals surface area contributed by atoms with Crippen LogP contribution in [-0.4, -0.2) is 85.0 Å². The lowest BCUT2D eigenvalue weighted by Gasteiger charge is -2.41. The maximum Gasteiger partial charge on any atom is 0.251 e. The summed E-state index contributed by atoms with van der Waals surface area (Å²) in [6, 6.07) is 3.13. The Labute approximate surface area is 233 Å². The topological polar surface area (TPSA) is 91.7 Å². The van der Waals surface area contributed by atoms with Gasteiger partial charge < -0.3 is 25.2 Å². The van der Waals surface area contributed by atoms with Gasteiger partial charge in [0.15, 0.2) is 0 Å². The highest BCUT2D eigenvalue weighted by Gasteiger charge is 2.33. The van der Waals surface area contributed by atoms with Gasteiger partial charge in [0, 0.05) is 62.9 Å². The molecule has 1 aromatic carbocycles. The third kappa shape index (κ3) is 6.24. The Hall–Kier alpha value is -2.65. The number of amides is 2. The van der Waals surface area contributed by atoms with E-state index in [1.807, 2.05) is 30.9 Å². The Bertz CT molecular complexity index is 1160. The van der Waals surface area contributed by atoms with Crippen LogP contribution >= 0.6 is 0 Å². The Morgan fingerprint density at radius 2 is 1.92 bits per heavy atom. The van der Waals surface area contributed by atoms with Crippen LogP contribution in [0.2, 0.25) is 0 Å². The van der Waals surface area contributed by atoms with Crippen molar-refractivity contribution in [3.05, 3.63) is 23.4 Å². The lowest BCUT2D eigenvalue weighted by molar-refractivity contribution is -0.129. The second-order valence-electron chi connectivity index (χ2n) is 11.8. The lowest BCUT2D eigenvalue weighted by Crippen LogP contribution is -2.50. The van der Waals surface area contributed by atoms with E-state index in [1.54, 1.807) is 7.11 Å². The van der Waals surface area contributed by atoms with E-state index < -0.39 is 0 Å². The Morgan fingerprint density at radius 3 is 2.56 bits per heavy atom. The zero-order valence-corrected chi connectivity index (χ0v) is 24.9. The van der Waals surface area contributed by atoms with Crippen molar-refractivity contribution < 1.29 is 14.3 Å². The minimum atomic E-state index is -0.213. The van der Waals surface area contributed by atoms with Gasteiger partial charge in [-0.1, -0.05) is 6.92 Å². The summed E-state index contributed by atoms with van der Waals surface area (Å²) in [7, 11) is 5.88. The van der Waals surface area contributed by atoms with Gasteiger partial charge in [0.05, 0.1) is 29.9 Å². The van der Waals surface area contributed by atoms with E-state index in [0.717, 1.165) is 74.0 Å². The number of carbonyl (C=O) groups is 2. The number of fused-ring (bicyclic) bond motifs is 1. The molecule has 2 aliphatic rings. The van der Waals surface area contributed by atoms with Gasteiger partial charge in [-0.3, -0.25) is 14.3 Å². The van der Waals surface area contributed by atoms with Crippen LogP contribution < -0.4 is 15.5 Å². The molecule has 2 fully saturated rings. The van der Waals surface area contributed by atoms with Crippen LogP contribution in [0.15, 0.2) is 12.3 Å². The monoisotopic (exact) mass is 540 g/mol. The highest BCUT2D eigenvalue weighted by molar-refractivity contribution is 6.05. The molecule has 1 saturated heterocycles. The van der Waals surface area contributed by atoms with Gasteiger partial charge >= 0.3 is 0 Å². The van der Waals surface area contributed by atoms with E-state index >= 15 is 0 Å². The highest BCUT2D eigenvalue weighted by atomic mass is 16.5. The van der Waals surface area contributed by atoms with Gasteiger partial charge in [0.25, 0.3) is 5.91 Å². The van der Waals surface area contributed by atoms with Crippen LogP contribution in [-0.2, 0) is 16.6 Å². The van der Waals surface area contributed by atoms with Crippen molar-refractivity contribution in [2.24, 2.45) is 18.9 Å². The van der Waals surface area contributed by atoms with E-state index in [2.05, 4.69) is 53.4 Å². The zero-order valence-electron chi connectivity index (χ0n) is 24.9. The molecule has 216 valence electrons. The first-order valence-corrected chi connectivity index (χ1v) is 14.7. The van der Waals surface area contributed by atoms with Gasteiger partial charge in [-0.25, -0.2) is 0 Å². The number of likely N-dealkylation sites (N-methyl/N-ethyl adjacent to an activating group) is 1. The molecule has 0 spiro atoms. The maximum atomic E-state index is 13.6. The van der Waals surface area contributed by atoms with Crippen LogP contribution in [0.1, 0.15) is 68.8 Å². The number of hydrogen-bond acceptors (Lipinski definition) is 6. The van der Waals surface area contributed by atoms with Gasteiger partial charge in [-0.05, 0) is 77.5 Å². The number of nitrogens with zero attached hydrogens (tertiary/aromatic N) is 4. The summed E-state index contributed by atoms with van der Waals surface area (Å²) in [5.74, 6) is -0.0871. The van der Waals surface area contributed by atoms with Crippen LogP contribution in [0.25, 0.3) is 10.9 Å². The number of anilines is 1. The number of nitrogens with one attached hydrogen (secondary N) is 2. The second kappa shape index (κ2) is 12.7. The fraction of sp³-hybridized carbons (Fsp3) is 0.700. The fourth-order valence-electron chi connectivity index (χ4n) is 6.79. The quantitative estimate of drug-likeness (QED) is 0.480. The van der Waals surface area contributed by atoms with E-state index in [9.17, 15) is 9.59 Å². The number of rotatable bonds is 10. The van der Waals surface area contributed by atoms with Gasteiger partial charge in [-0.15, -0.1) is 0 Å². The molecule has 2 heterocycles. The van der Waals surface area contributed by atoms with Gasteiger partial charge in [0.2, 0.25) is 5.91 Å². The summed E-state index contributed by atoms with van der Waals surface area (Å²) in [6.45, 7) is 11.3. The second-order valence-corrected chi connectivity index (χ2v) is 11.8. The van der Waals surface area contributed by atoms with Crippen molar-refractivity contribution >= 4 is 28.4 Å². The highest BCUT2D eigenvalue weighted by Crippen LogP contribution is 2.37. The van der Waals surface area contributed by atoms with Crippen molar-refractivity contribution in [2.45, 2.75) is 77.9 Å². The van der Waals surface area contributed by atoms with E-state index in [4.69, 9.17) is 4.74 Å². The molecule has 3 atom stereocenters. The van der Waals surface area contributed by atoms with E-state index in [1.165, 1.54) is 0 Å². The number of piperidine rings is 1. The number of hydrogen-bond donors (Lipinski definition) is 2. The Kier molecular flexibility index (Phi) is 9.54. The van der Waals surface area contributed by atoms with Crippen molar-refractivity contribution in [2.75, 3.05) is 45.3 Å². The van der Waals surface area contributed by atoms with Crippen molar-refractivity contribution in [1.82, 2.24) is 25.3 Å². The molecule has 0 radical (unpaired) electrons. The molecule has 1 aromatic heterocycles. The number of aromatic nitrogens is 2. The molecule has 0 bridgehead atoms. The predicted octanol–water partition coefficient (Wildman–Crippen LogP) is 3.49. The molecule has 1 aliphatic carbocycles. The average molecular weight is 541 g/mol. The van der Waals surface area contributed by atoms with Crippen molar-refractivity contribution in [3.63, 3.8) is 0 Å². The molecule has 3 unspecified atom stereocenters. The SMILES string of the molecule is CCN(c1c(C)c(C(=O)NCC2C(=O)NC(C)CC2C)cc2c1cnn2C)C1CCC(N(C)CCOC)CC1. The summed E-state index contributed by atoms with van der Waals surface area (Å²) in [6.07, 6.45) is 7.38. The Balaban J connectivity index is 1.56. The van der Waals surface area contributed by atoms with Gasteiger partial charge in [0.1, 0.15) is 0 Å². The number of ether oxygens (including phenoxy) is 1. The van der Waals surface area contributed by atoms with E-state index in [-0.39, 0.29) is 29.7 Å². The summed E-state index contributed by atoms with van der Waals surface area (Å²) < 4.78 is 7.13. The van der Waals surface area contributed by atoms with Crippen LogP contribution in [0.5, 0.6) is 0 Å². The van der Waals surface area contributed by atoms with Crippen molar-refractivity contribution in [1.29, 1.82) is 0 Å². The first-order chi connectivity index (χ1) is 18.7. The molecule has 4 rings (SSSR count). The summed E-state index contributed by atoms with van der Waals surface area (Å²) in [5, 5.41) is 11.8. The fourth-order valence-corrected chi connectivity index (χ4v) is 6.79. The molecule has 39 heavy (non-hydrogen) atoms. The minimum Gasteiger partial charge on any atom is -0.383 e. The largest absolute Gasteiger partial charge is 0.383 e. The number of aryl methyl sites for hydroxylation is 1. The molecule has 1 aliphatic heterocycles. The van der Waals surface area contributed by atoms with E-state index in [0.29, 0.717) is 24.2 Å². The first kappa shape index (κ1) is 29.3. The van der Waals surface area contributed by atoms with Crippen LogP contribution in [0.3, 0.4) is 0 Å². The molecule has 9 nitrogen and oxygen atoms in total. The smallest absolute Gasteiger partial charge is 0.251 e. The number of methoxy groups -OCH3 is 1. The summed E-state index contributed by atoms with van der Waals surface area (Å²) in [4.78, 5) is 31.1. The summed E-state index contributed by atoms with van der Waals surface area (Å²) in [5.41, 5.74) is 3.69. The van der Waals surface area contributed by atoms with Crippen molar-refractivity contribution in [3.8, 4) is 0 Å². The Morgan fingerprint density at radius 1 is 1.23 bits per heavy atom. The average Bonchev–Trinajstić information content (AvgIpc) is 3.28. The molecular formula is C30H48N6O3. The first-order valence-electron chi connectivity index (χ1n) is 14.7. The molecule has 9 heteroatoms. The number of benzene rings is 1. The molecule has 2 N–H and O–H groups in total. The third-order valence-electron chi connectivity index (χ3n) is 9.15.